The van der Waals surface area contributed by atoms with Gasteiger partial charge in [-0.2, -0.15) is 0 Å². The lowest BCUT2D eigenvalue weighted by molar-refractivity contribution is 0.0624. The van der Waals surface area contributed by atoms with Gasteiger partial charge in [0.1, 0.15) is 42.3 Å². The molecule has 0 spiro atoms. The van der Waals surface area contributed by atoms with Crippen molar-refractivity contribution >= 4 is 21.5 Å². The van der Waals surface area contributed by atoms with Crippen molar-refractivity contribution in [3.63, 3.8) is 0 Å². The van der Waals surface area contributed by atoms with Crippen molar-refractivity contribution in [2.24, 2.45) is 0 Å². The molecule has 0 saturated heterocycles. The Morgan fingerprint density at radius 3 is 1.49 bits per heavy atom. The quantitative estimate of drug-likeness (QED) is 0.247. The Kier molecular flexibility index (Phi) is 6.97. The van der Waals surface area contributed by atoms with E-state index in [1.54, 1.807) is 6.07 Å². The highest BCUT2D eigenvalue weighted by molar-refractivity contribution is 5.84. The largest absolute Gasteiger partial charge is 0.491 e. The Labute approximate surface area is 204 Å². The van der Waals surface area contributed by atoms with Gasteiger partial charge in [-0.05, 0) is 57.9 Å². The third-order valence-electron chi connectivity index (χ3n) is 5.58. The van der Waals surface area contributed by atoms with Crippen molar-refractivity contribution < 1.29 is 24.1 Å². The van der Waals surface area contributed by atoms with E-state index in [1.165, 1.54) is 0 Å². The van der Waals surface area contributed by atoms with E-state index in [1.807, 2.05) is 91.0 Å². The molecule has 5 aromatic carbocycles. The second-order valence-electron chi connectivity index (χ2n) is 8.18. The molecule has 0 aromatic heterocycles. The molecule has 0 aliphatic heterocycles. The van der Waals surface area contributed by atoms with Crippen LogP contribution in [-0.4, -0.2) is 31.2 Å². The number of fused-ring (bicyclic) bond motifs is 2. The summed E-state index contributed by atoms with van der Waals surface area (Å²) in [6.07, 6.45) is -0.776. The monoisotopic (exact) mass is 466 g/mol. The topological polar surface area (TPSA) is 57.2 Å². The van der Waals surface area contributed by atoms with Crippen LogP contribution >= 0.6 is 0 Å². The first-order valence-electron chi connectivity index (χ1n) is 11.5. The van der Waals surface area contributed by atoms with Crippen LogP contribution in [-0.2, 0) is 0 Å². The van der Waals surface area contributed by atoms with Crippen molar-refractivity contribution in [2.45, 2.75) is 6.10 Å². The van der Waals surface area contributed by atoms with E-state index in [0.29, 0.717) is 17.2 Å². The van der Waals surface area contributed by atoms with Crippen molar-refractivity contribution in [1.82, 2.24) is 0 Å². The van der Waals surface area contributed by atoms with Crippen molar-refractivity contribution in [3.8, 4) is 23.0 Å². The molecule has 0 radical (unpaired) electrons. The Hall–Kier alpha value is -4.22. The summed E-state index contributed by atoms with van der Waals surface area (Å²) in [6.45, 7) is 0.308. The minimum absolute atomic E-state index is 0.0734. The second kappa shape index (κ2) is 10.8. The summed E-state index contributed by atoms with van der Waals surface area (Å²) < 4.78 is 22.9. The van der Waals surface area contributed by atoms with E-state index in [4.69, 9.17) is 18.9 Å². The average Bonchev–Trinajstić information content (AvgIpc) is 2.91. The lowest BCUT2D eigenvalue weighted by Crippen LogP contribution is -2.25. The maximum Gasteiger partial charge on any atom is 0.230 e. The van der Waals surface area contributed by atoms with E-state index >= 15 is 0 Å². The molecule has 0 heterocycles. The van der Waals surface area contributed by atoms with Crippen molar-refractivity contribution in [1.29, 1.82) is 0 Å². The predicted octanol–water partition coefficient (Wildman–Crippen LogP) is 6.23. The molecular weight excluding hydrogens is 440 g/mol. The Morgan fingerprint density at radius 2 is 0.914 bits per heavy atom. The lowest BCUT2D eigenvalue weighted by atomic mass is 10.1. The SMILES string of the molecule is OC(COc1cccc(OCOc2ccc3ccccc3c2)c1)COc1ccc2ccccc2c1. The van der Waals surface area contributed by atoms with Crippen LogP contribution in [0.2, 0.25) is 0 Å². The fourth-order valence-electron chi connectivity index (χ4n) is 3.77. The van der Waals surface area contributed by atoms with E-state index < -0.39 is 6.10 Å². The molecule has 0 aliphatic carbocycles. The second-order valence-corrected chi connectivity index (χ2v) is 8.18. The van der Waals surface area contributed by atoms with Gasteiger partial charge in [0.15, 0.2) is 0 Å². The number of aliphatic hydroxyl groups excluding tert-OH is 1. The van der Waals surface area contributed by atoms with Crippen LogP contribution in [0.3, 0.4) is 0 Å². The van der Waals surface area contributed by atoms with E-state index in [2.05, 4.69) is 12.1 Å². The number of ether oxygens (including phenoxy) is 4. The lowest BCUT2D eigenvalue weighted by Gasteiger charge is -2.15. The van der Waals surface area contributed by atoms with Crippen LogP contribution in [0.5, 0.6) is 23.0 Å². The summed E-state index contributed by atoms with van der Waals surface area (Å²) >= 11 is 0. The number of rotatable bonds is 10. The van der Waals surface area contributed by atoms with Crippen LogP contribution in [0.1, 0.15) is 0 Å². The standard InChI is InChI=1S/C30H26O5/c31-26(20-33-29-14-12-22-6-1-3-8-24(22)16-29)19-32-27-10-5-11-28(18-27)34-21-35-30-15-13-23-7-2-4-9-25(23)17-30/h1-18,26,31H,19-21H2. The molecule has 0 aliphatic rings. The van der Waals surface area contributed by atoms with E-state index in [-0.39, 0.29) is 20.0 Å². The first-order valence-corrected chi connectivity index (χ1v) is 11.5. The smallest absolute Gasteiger partial charge is 0.230 e. The number of benzene rings is 5. The number of hydrogen-bond donors (Lipinski definition) is 1. The normalized spacial score (nSPS) is 11.8. The summed E-state index contributed by atoms with van der Waals surface area (Å²) in [5, 5.41) is 14.8. The van der Waals surface area contributed by atoms with Gasteiger partial charge in [0.05, 0.1) is 0 Å². The van der Waals surface area contributed by atoms with Gasteiger partial charge in [-0.25, -0.2) is 0 Å². The van der Waals surface area contributed by atoms with Gasteiger partial charge in [-0.15, -0.1) is 0 Å². The number of aliphatic hydroxyl groups is 1. The minimum atomic E-state index is -0.776. The van der Waals surface area contributed by atoms with Gasteiger partial charge in [0.2, 0.25) is 6.79 Å². The van der Waals surface area contributed by atoms with Gasteiger partial charge in [-0.3, -0.25) is 0 Å². The molecule has 176 valence electrons. The molecule has 0 saturated carbocycles. The molecule has 0 amide bonds. The van der Waals surface area contributed by atoms with Crippen molar-refractivity contribution in [2.75, 3.05) is 20.0 Å². The van der Waals surface area contributed by atoms with Crippen LogP contribution < -0.4 is 18.9 Å². The zero-order valence-corrected chi connectivity index (χ0v) is 19.2. The van der Waals surface area contributed by atoms with Crippen LogP contribution in [0.15, 0.2) is 109 Å². The first-order chi connectivity index (χ1) is 17.2. The van der Waals surface area contributed by atoms with Gasteiger partial charge in [-0.1, -0.05) is 66.7 Å². The molecule has 0 bridgehead atoms. The molecule has 35 heavy (non-hydrogen) atoms. The number of hydrogen-bond acceptors (Lipinski definition) is 5. The Bertz CT molecular complexity index is 1410. The minimum Gasteiger partial charge on any atom is -0.491 e. The predicted molar refractivity (Wildman–Crippen MR) is 137 cm³/mol. The van der Waals surface area contributed by atoms with Crippen LogP contribution in [0, 0.1) is 0 Å². The van der Waals surface area contributed by atoms with Gasteiger partial charge in [0, 0.05) is 6.07 Å². The van der Waals surface area contributed by atoms with E-state index in [0.717, 1.165) is 27.3 Å². The summed E-state index contributed by atoms with van der Waals surface area (Å²) in [4.78, 5) is 0. The van der Waals surface area contributed by atoms with Crippen molar-refractivity contribution in [3.05, 3.63) is 109 Å². The molecule has 1 N–H and O–H groups in total. The molecule has 1 unspecified atom stereocenters. The molecule has 5 nitrogen and oxygen atoms in total. The molecule has 1 atom stereocenters. The van der Waals surface area contributed by atoms with Gasteiger partial charge in [0.25, 0.3) is 0 Å². The molecule has 5 heteroatoms. The molecule has 0 fully saturated rings. The Morgan fingerprint density at radius 1 is 0.457 bits per heavy atom. The zero-order chi connectivity index (χ0) is 23.9. The van der Waals surface area contributed by atoms with Gasteiger partial charge < -0.3 is 24.1 Å². The Balaban J connectivity index is 1.08. The highest BCUT2D eigenvalue weighted by Gasteiger charge is 2.08. The summed E-state index contributed by atoms with van der Waals surface area (Å²) in [7, 11) is 0. The molecule has 5 rings (SSSR count). The maximum atomic E-state index is 10.3. The molecule has 5 aromatic rings. The fourth-order valence-corrected chi connectivity index (χ4v) is 3.77. The van der Waals surface area contributed by atoms with E-state index in [9.17, 15) is 5.11 Å². The third-order valence-corrected chi connectivity index (χ3v) is 5.58. The highest BCUT2D eigenvalue weighted by atomic mass is 16.7. The van der Waals surface area contributed by atoms with Crippen LogP contribution in [0.25, 0.3) is 21.5 Å². The first kappa shape index (κ1) is 22.6. The third kappa shape index (κ3) is 6.02. The zero-order valence-electron chi connectivity index (χ0n) is 19.2. The average molecular weight is 467 g/mol. The summed E-state index contributed by atoms with van der Waals surface area (Å²) in [6, 6.07) is 35.2. The maximum absolute atomic E-state index is 10.3. The molecular formula is C30H26O5. The van der Waals surface area contributed by atoms with Crippen LogP contribution in [0.4, 0.5) is 0 Å². The fraction of sp³-hybridized carbons (Fsp3) is 0.133. The van der Waals surface area contributed by atoms with Gasteiger partial charge >= 0.3 is 0 Å². The highest BCUT2D eigenvalue weighted by Crippen LogP contribution is 2.23. The summed E-state index contributed by atoms with van der Waals surface area (Å²) in [5.41, 5.74) is 0. The summed E-state index contributed by atoms with van der Waals surface area (Å²) in [5.74, 6) is 2.67.